The number of nitrogens with zero attached hydrogens (tertiary/aromatic N) is 1. The smallest absolute Gasteiger partial charge is 0.326 e. The summed E-state index contributed by atoms with van der Waals surface area (Å²) in [4.78, 5) is 25.6. The Balaban J connectivity index is 1.85. The van der Waals surface area contributed by atoms with Crippen LogP contribution in [0.5, 0.6) is 0 Å². The van der Waals surface area contributed by atoms with E-state index in [0.717, 1.165) is 19.3 Å². The highest BCUT2D eigenvalue weighted by atomic mass is 32.2. The number of sulfone groups is 1. The quantitative estimate of drug-likeness (QED) is 0.808. The molecular formula is C14H21NO5S. The van der Waals surface area contributed by atoms with Gasteiger partial charge in [-0.25, -0.2) is 13.2 Å². The molecule has 0 spiro atoms. The summed E-state index contributed by atoms with van der Waals surface area (Å²) < 4.78 is 24.2. The Morgan fingerprint density at radius 2 is 1.81 bits per heavy atom. The average molecular weight is 315 g/mol. The van der Waals surface area contributed by atoms with Gasteiger partial charge in [-0.15, -0.1) is 0 Å². The highest BCUT2D eigenvalue weighted by molar-refractivity contribution is 7.92. The minimum Gasteiger partial charge on any atom is -0.480 e. The second-order valence-corrected chi connectivity index (χ2v) is 8.78. The van der Waals surface area contributed by atoms with E-state index in [1.807, 2.05) is 0 Å². The first-order valence-corrected chi connectivity index (χ1v) is 9.38. The molecule has 2 aliphatic heterocycles. The van der Waals surface area contributed by atoms with Crippen LogP contribution < -0.4 is 0 Å². The summed E-state index contributed by atoms with van der Waals surface area (Å²) in [6.45, 7) is 0.409. The number of fused-ring (bicyclic) bond motifs is 1. The fourth-order valence-corrected chi connectivity index (χ4v) is 6.12. The number of carbonyl (C=O) groups excluding carboxylic acids is 1. The van der Waals surface area contributed by atoms with Crippen molar-refractivity contribution in [3.8, 4) is 0 Å². The van der Waals surface area contributed by atoms with Crippen LogP contribution in [0.1, 0.15) is 38.5 Å². The van der Waals surface area contributed by atoms with Crippen LogP contribution in [0.25, 0.3) is 0 Å². The zero-order valence-corrected chi connectivity index (χ0v) is 12.7. The first kappa shape index (κ1) is 14.8. The lowest BCUT2D eigenvalue weighted by molar-refractivity contribution is -0.149. The van der Waals surface area contributed by atoms with Crippen molar-refractivity contribution in [2.75, 3.05) is 12.3 Å². The van der Waals surface area contributed by atoms with Gasteiger partial charge in [-0.3, -0.25) is 4.79 Å². The van der Waals surface area contributed by atoms with Gasteiger partial charge in [0.1, 0.15) is 11.3 Å². The Labute approximate surface area is 124 Å². The summed E-state index contributed by atoms with van der Waals surface area (Å²) in [5.74, 6) is -1.21. The van der Waals surface area contributed by atoms with Crippen molar-refractivity contribution < 1.29 is 23.1 Å². The van der Waals surface area contributed by atoms with Crippen LogP contribution in [0.3, 0.4) is 0 Å². The maximum absolute atomic E-state index is 12.6. The Kier molecular flexibility index (Phi) is 3.71. The predicted molar refractivity (Wildman–Crippen MR) is 75.4 cm³/mol. The van der Waals surface area contributed by atoms with Gasteiger partial charge in [-0.05, 0) is 37.5 Å². The van der Waals surface area contributed by atoms with Gasteiger partial charge in [0.15, 0.2) is 9.84 Å². The van der Waals surface area contributed by atoms with Crippen molar-refractivity contribution >= 4 is 21.7 Å². The molecule has 1 N–H and O–H groups in total. The third-order valence-corrected chi connectivity index (χ3v) is 7.44. The molecule has 0 aromatic carbocycles. The molecular weight excluding hydrogens is 294 g/mol. The number of rotatable bonds is 2. The Hall–Kier alpha value is -1.11. The molecule has 0 aromatic rings. The lowest BCUT2D eigenvalue weighted by Crippen LogP contribution is -2.50. The van der Waals surface area contributed by atoms with Gasteiger partial charge in [0.05, 0.1) is 5.75 Å². The molecule has 6 nitrogen and oxygen atoms in total. The Morgan fingerprint density at radius 3 is 2.48 bits per heavy atom. The molecule has 21 heavy (non-hydrogen) atoms. The molecule has 4 unspecified atom stereocenters. The fourth-order valence-electron chi connectivity index (χ4n) is 4.27. The number of amides is 1. The van der Waals surface area contributed by atoms with Crippen LogP contribution >= 0.6 is 0 Å². The highest BCUT2D eigenvalue weighted by Crippen LogP contribution is 2.43. The Bertz CT molecular complexity index is 558. The summed E-state index contributed by atoms with van der Waals surface area (Å²) >= 11 is 0. The van der Waals surface area contributed by atoms with Crippen LogP contribution in [0.15, 0.2) is 0 Å². The molecule has 0 bridgehead atoms. The highest BCUT2D eigenvalue weighted by Gasteiger charge is 2.52. The van der Waals surface area contributed by atoms with Crippen molar-refractivity contribution in [3.63, 3.8) is 0 Å². The largest absolute Gasteiger partial charge is 0.480 e. The van der Waals surface area contributed by atoms with E-state index in [-0.39, 0.29) is 17.6 Å². The molecule has 118 valence electrons. The predicted octanol–water partition coefficient (Wildman–Crippen LogP) is 0.665. The van der Waals surface area contributed by atoms with Gasteiger partial charge >= 0.3 is 5.97 Å². The molecule has 0 radical (unpaired) electrons. The van der Waals surface area contributed by atoms with Gasteiger partial charge in [0, 0.05) is 6.54 Å². The lowest BCUT2D eigenvalue weighted by atomic mass is 9.94. The van der Waals surface area contributed by atoms with Crippen LogP contribution in [-0.2, 0) is 19.4 Å². The summed E-state index contributed by atoms with van der Waals surface area (Å²) in [7, 11) is -3.42. The molecule has 1 saturated carbocycles. The first-order valence-electron chi connectivity index (χ1n) is 7.66. The van der Waals surface area contributed by atoms with E-state index in [9.17, 15) is 23.1 Å². The molecule has 2 saturated heterocycles. The summed E-state index contributed by atoms with van der Waals surface area (Å²) in [5, 5.41) is 8.44. The van der Waals surface area contributed by atoms with Gasteiger partial charge < -0.3 is 10.0 Å². The molecule has 3 rings (SSSR count). The topological polar surface area (TPSA) is 91.8 Å². The molecule has 1 amide bonds. The maximum atomic E-state index is 12.6. The number of likely N-dealkylation sites (tertiary alicyclic amines) is 1. The number of carboxylic acids is 1. The first-order chi connectivity index (χ1) is 9.92. The van der Waals surface area contributed by atoms with E-state index in [4.69, 9.17) is 0 Å². The zero-order valence-electron chi connectivity index (χ0n) is 11.9. The van der Waals surface area contributed by atoms with Crippen molar-refractivity contribution in [2.24, 2.45) is 11.8 Å². The third-order valence-electron chi connectivity index (χ3n) is 5.28. The minimum absolute atomic E-state index is 0.00209. The number of carbonyl (C=O) groups is 2. The molecule has 1 aliphatic carbocycles. The van der Waals surface area contributed by atoms with E-state index in [0.29, 0.717) is 25.8 Å². The van der Waals surface area contributed by atoms with Crippen LogP contribution in [0.2, 0.25) is 0 Å². The van der Waals surface area contributed by atoms with Crippen LogP contribution in [0, 0.1) is 11.8 Å². The van der Waals surface area contributed by atoms with E-state index in [2.05, 4.69) is 0 Å². The molecule has 7 heteroatoms. The van der Waals surface area contributed by atoms with Crippen molar-refractivity contribution in [1.29, 1.82) is 0 Å². The van der Waals surface area contributed by atoms with E-state index in [1.54, 1.807) is 0 Å². The van der Waals surface area contributed by atoms with Gasteiger partial charge in [-0.2, -0.15) is 0 Å². The maximum Gasteiger partial charge on any atom is 0.326 e. The third kappa shape index (κ3) is 2.45. The lowest BCUT2D eigenvalue weighted by Gasteiger charge is -2.30. The SMILES string of the molecule is O=C(O)C1C2CCCC2CN1C(=O)C1CCCCS1(=O)=O. The summed E-state index contributed by atoms with van der Waals surface area (Å²) in [6.07, 6.45) is 4.41. The summed E-state index contributed by atoms with van der Waals surface area (Å²) in [5.41, 5.74) is 0. The van der Waals surface area contributed by atoms with E-state index in [1.165, 1.54) is 4.90 Å². The number of hydrogen-bond donors (Lipinski definition) is 1. The molecule has 4 atom stereocenters. The second kappa shape index (κ2) is 5.26. The van der Waals surface area contributed by atoms with E-state index >= 15 is 0 Å². The van der Waals surface area contributed by atoms with E-state index < -0.39 is 33.0 Å². The van der Waals surface area contributed by atoms with Crippen LogP contribution in [-0.4, -0.2) is 53.9 Å². The minimum atomic E-state index is -3.42. The van der Waals surface area contributed by atoms with Crippen molar-refractivity contribution in [1.82, 2.24) is 4.90 Å². The van der Waals surface area contributed by atoms with Gasteiger partial charge in [0.2, 0.25) is 5.91 Å². The molecule has 3 aliphatic rings. The number of hydrogen-bond acceptors (Lipinski definition) is 4. The zero-order chi connectivity index (χ0) is 15.2. The Morgan fingerprint density at radius 1 is 1.05 bits per heavy atom. The standard InChI is InChI=1S/C14H21NO5S/c16-13(11-6-1-2-7-21(11,19)20)15-8-9-4-3-5-10(9)12(15)14(17)18/h9-12H,1-8H2,(H,17,18). The molecule has 3 fully saturated rings. The van der Waals surface area contributed by atoms with Gasteiger partial charge in [-0.1, -0.05) is 12.8 Å². The van der Waals surface area contributed by atoms with Crippen molar-refractivity contribution in [2.45, 2.75) is 49.8 Å². The second-order valence-electron chi connectivity index (χ2n) is 6.48. The fraction of sp³-hybridized carbons (Fsp3) is 0.857. The molecule has 0 aromatic heterocycles. The van der Waals surface area contributed by atoms with Crippen molar-refractivity contribution in [3.05, 3.63) is 0 Å². The monoisotopic (exact) mass is 315 g/mol. The van der Waals surface area contributed by atoms with Gasteiger partial charge in [0.25, 0.3) is 0 Å². The number of aliphatic carboxylic acids is 1. The number of carboxylic acid groups (broad SMARTS) is 1. The summed E-state index contributed by atoms with van der Waals surface area (Å²) in [6, 6.07) is -0.831. The van der Waals surface area contributed by atoms with Crippen LogP contribution in [0.4, 0.5) is 0 Å². The average Bonchev–Trinajstić information content (AvgIpc) is 2.96. The molecule has 2 heterocycles. The normalized spacial score (nSPS) is 38.2.